The van der Waals surface area contributed by atoms with Crippen LogP contribution in [0.3, 0.4) is 0 Å². The number of carboxylic acid groups (broad SMARTS) is 1. The fourth-order valence-electron chi connectivity index (χ4n) is 1.22. The monoisotopic (exact) mass is 351 g/mol. The molecular formula is C10H4BrClFNO3S. The lowest BCUT2D eigenvalue weighted by molar-refractivity contribution is 0.144. The molecule has 0 saturated heterocycles. The van der Waals surface area contributed by atoms with Gasteiger partial charge < -0.3 is 9.84 Å². The maximum Gasteiger partial charge on any atom is 0.513 e. The Kier molecular flexibility index (Phi) is 3.84. The summed E-state index contributed by atoms with van der Waals surface area (Å²) in [6, 6.07) is 4.11. The predicted molar refractivity (Wildman–Crippen MR) is 68.9 cm³/mol. The number of halogens is 3. The predicted octanol–water partition coefficient (Wildman–Crippen LogP) is 4.42. The molecule has 4 nitrogen and oxygen atoms in total. The lowest BCUT2D eigenvalue weighted by atomic mass is 10.2. The van der Waals surface area contributed by atoms with Crippen molar-refractivity contribution in [2.75, 3.05) is 0 Å². The lowest BCUT2D eigenvalue weighted by Crippen LogP contribution is -2.02. The summed E-state index contributed by atoms with van der Waals surface area (Å²) in [5.41, 5.74) is 1.00. The summed E-state index contributed by atoms with van der Waals surface area (Å²) in [7, 11) is 0. The summed E-state index contributed by atoms with van der Waals surface area (Å²) < 4.78 is 18.0. The van der Waals surface area contributed by atoms with Crippen molar-refractivity contribution in [2.24, 2.45) is 0 Å². The molecule has 1 N–H and O–H groups in total. The summed E-state index contributed by atoms with van der Waals surface area (Å²) in [5, 5.41) is 8.42. The molecule has 0 bridgehead atoms. The molecule has 0 amide bonds. The standard InChI is InChI=1S/C10H4BrClFNO3S/c11-8-7(14-9(18-8)17-10(15)16)4-1-2-6(13)5(12)3-4/h1-3H,(H,15,16). The summed E-state index contributed by atoms with van der Waals surface area (Å²) in [6.45, 7) is 0. The van der Waals surface area contributed by atoms with Crippen LogP contribution in [-0.4, -0.2) is 16.2 Å². The number of nitrogens with zero attached hydrogens (tertiary/aromatic N) is 1. The molecule has 1 heterocycles. The first kappa shape index (κ1) is 13.3. The summed E-state index contributed by atoms with van der Waals surface area (Å²) in [6.07, 6.45) is -1.44. The Balaban J connectivity index is 2.41. The molecule has 0 unspecified atom stereocenters. The van der Waals surface area contributed by atoms with Crippen LogP contribution in [0.25, 0.3) is 11.3 Å². The molecule has 1 aromatic heterocycles. The average molecular weight is 353 g/mol. The molecule has 1 aromatic carbocycles. The highest BCUT2D eigenvalue weighted by Crippen LogP contribution is 2.37. The van der Waals surface area contributed by atoms with Gasteiger partial charge in [-0.15, -0.1) is 0 Å². The third-order valence-corrected chi connectivity index (χ3v) is 3.81. The molecule has 0 aliphatic heterocycles. The fourth-order valence-corrected chi connectivity index (χ4v) is 2.80. The van der Waals surface area contributed by atoms with E-state index in [1.54, 1.807) is 0 Å². The number of hydrogen-bond donors (Lipinski definition) is 1. The van der Waals surface area contributed by atoms with Crippen molar-refractivity contribution in [3.05, 3.63) is 32.8 Å². The molecule has 0 aliphatic rings. The van der Waals surface area contributed by atoms with Crippen LogP contribution in [0.5, 0.6) is 5.19 Å². The van der Waals surface area contributed by atoms with Gasteiger partial charge in [0.2, 0.25) is 0 Å². The number of benzene rings is 1. The third-order valence-electron chi connectivity index (χ3n) is 1.93. The number of ether oxygens (including phenoxy) is 1. The van der Waals surface area contributed by atoms with Gasteiger partial charge in [0, 0.05) is 5.56 Å². The van der Waals surface area contributed by atoms with Gasteiger partial charge in [-0.1, -0.05) is 22.9 Å². The quantitative estimate of drug-likeness (QED) is 0.813. The van der Waals surface area contributed by atoms with Crippen molar-refractivity contribution in [2.45, 2.75) is 0 Å². The second-order valence-corrected chi connectivity index (χ2v) is 5.79. The minimum Gasteiger partial charge on any atom is -0.449 e. The SMILES string of the molecule is O=C(O)Oc1nc(-c2ccc(F)c(Cl)c2)c(Br)s1. The van der Waals surface area contributed by atoms with Crippen LogP contribution in [0.15, 0.2) is 22.0 Å². The summed E-state index contributed by atoms with van der Waals surface area (Å²) >= 11 is 9.91. The summed E-state index contributed by atoms with van der Waals surface area (Å²) in [5.74, 6) is -0.534. The molecule has 2 aromatic rings. The van der Waals surface area contributed by atoms with Crippen LogP contribution < -0.4 is 4.74 Å². The number of aromatic nitrogens is 1. The normalized spacial score (nSPS) is 10.4. The van der Waals surface area contributed by atoms with Crippen LogP contribution in [0.2, 0.25) is 5.02 Å². The molecule has 2 rings (SSSR count). The van der Waals surface area contributed by atoms with Gasteiger partial charge in [-0.2, -0.15) is 0 Å². The second kappa shape index (κ2) is 5.21. The minimum absolute atomic E-state index is 0.0233. The van der Waals surface area contributed by atoms with Gasteiger partial charge in [-0.05, 0) is 34.1 Å². The summed E-state index contributed by atoms with van der Waals surface area (Å²) in [4.78, 5) is 14.4. The zero-order valence-electron chi connectivity index (χ0n) is 8.49. The van der Waals surface area contributed by atoms with Crippen molar-refractivity contribution >= 4 is 45.0 Å². The van der Waals surface area contributed by atoms with Crippen LogP contribution in [-0.2, 0) is 0 Å². The number of rotatable bonds is 2. The van der Waals surface area contributed by atoms with E-state index in [9.17, 15) is 9.18 Å². The Bertz CT molecular complexity index is 619. The number of hydrogen-bond acceptors (Lipinski definition) is 4. The molecule has 8 heteroatoms. The number of thiazole rings is 1. The van der Waals surface area contributed by atoms with Gasteiger partial charge in [0.05, 0.1) is 10.7 Å². The lowest BCUT2D eigenvalue weighted by Gasteiger charge is -1.99. The van der Waals surface area contributed by atoms with Crippen LogP contribution >= 0.6 is 38.9 Å². The molecule has 0 spiro atoms. The molecule has 0 saturated carbocycles. The van der Waals surface area contributed by atoms with E-state index in [-0.39, 0.29) is 10.2 Å². The van der Waals surface area contributed by atoms with Gasteiger partial charge in [-0.25, -0.2) is 14.2 Å². The van der Waals surface area contributed by atoms with Crippen molar-refractivity contribution in [1.29, 1.82) is 0 Å². The van der Waals surface area contributed by atoms with E-state index in [2.05, 4.69) is 25.7 Å². The smallest absolute Gasteiger partial charge is 0.449 e. The highest BCUT2D eigenvalue weighted by atomic mass is 79.9. The fraction of sp³-hybridized carbons (Fsp3) is 0. The first-order chi connectivity index (χ1) is 8.47. The van der Waals surface area contributed by atoms with Crippen molar-refractivity contribution in [1.82, 2.24) is 4.98 Å². The van der Waals surface area contributed by atoms with Crippen LogP contribution in [0.1, 0.15) is 0 Å². The van der Waals surface area contributed by atoms with E-state index >= 15 is 0 Å². The minimum atomic E-state index is -1.44. The van der Waals surface area contributed by atoms with Crippen LogP contribution in [0.4, 0.5) is 9.18 Å². The van der Waals surface area contributed by atoms with Crippen molar-refractivity contribution < 1.29 is 19.0 Å². The van der Waals surface area contributed by atoms with Gasteiger partial charge >= 0.3 is 6.16 Å². The van der Waals surface area contributed by atoms with E-state index in [0.29, 0.717) is 15.0 Å². The second-order valence-electron chi connectivity index (χ2n) is 3.10. The van der Waals surface area contributed by atoms with E-state index in [4.69, 9.17) is 16.7 Å². The van der Waals surface area contributed by atoms with Crippen molar-refractivity contribution in [3.8, 4) is 16.5 Å². The largest absolute Gasteiger partial charge is 0.513 e. The van der Waals surface area contributed by atoms with Crippen LogP contribution in [0, 0.1) is 5.82 Å². The maximum atomic E-state index is 13.0. The highest BCUT2D eigenvalue weighted by Gasteiger charge is 2.15. The molecular weight excluding hydrogens is 349 g/mol. The number of carbonyl (C=O) groups is 1. The Morgan fingerprint density at radius 3 is 2.89 bits per heavy atom. The Morgan fingerprint density at radius 2 is 2.28 bits per heavy atom. The highest BCUT2D eigenvalue weighted by molar-refractivity contribution is 9.11. The van der Waals surface area contributed by atoms with E-state index in [1.165, 1.54) is 18.2 Å². The first-order valence-corrected chi connectivity index (χ1v) is 6.48. The zero-order valence-corrected chi connectivity index (χ0v) is 11.6. The Labute approximate surface area is 118 Å². The van der Waals surface area contributed by atoms with Gasteiger partial charge in [0.1, 0.15) is 9.60 Å². The molecule has 0 radical (unpaired) electrons. The molecule has 0 aliphatic carbocycles. The first-order valence-electron chi connectivity index (χ1n) is 4.50. The molecule has 0 atom stereocenters. The average Bonchev–Trinajstić information content (AvgIpc) is 2.62. The molecule has 94 valence electrons. The zero-order chi connectivity index (χ0) is 13.3. The Hall–Kier alpha value is -1.18. The van der Waals surface area contributed by atoms with Gasteiger partial charge in [-0.3, -0.25) is 0 Å². The van der Waals surface area contributed by atoms with E-state index < -0.39 is 12.0 Å². The third kappa shape index (κ3) is 2.80. The van der Waals surface area contributed by atoms with Crippen molar-refractivity contribution in [3.63, 3.8) is 0 Å². The molecule has 0 fully saturated rings. The van der Waals surface area contributed by atoms with E-state index in [0.717, 1.165) is 11.3 Å². The van der Waals surface area contributed by atoms with Gasteiger partial charge in [0.15, 0.2) is 0 Å². The maximum absolute atomic E-state index is 13.0. The molecule has 18 heavy (non-hydrogen) atoms. The van der Waals surface area contributed by atoms with E-state index in [1.807, 2.05) is 0 Å². The topological polar surface area (TPSA) is 59.4 Å². The van der Waals surface area contributed by atoms with Gasteiger partial charge in [0.25, 0.3) is 5.19 Å². The Morgan fingerprint density at radius 1 is 1.56 bits per heavy atom.